The Morgan fingerprint density at radius 3 is 2.84 bits per heavy atom. The summed E-state index contributed by atoms with van der Waals surface area (Å²) < 4.78 is 5.69. The highest BCUT2D eigenvalue weighted by Gasteiger charge is 2.28. The van der Waals surface area contributed by atoms with Crippen LogP contribution >= 0.6 is 12.4 Å². The number of rotatable bonds is 4. The standard InChI is InChI=1S/C18H25N3O3.ClH/c1-13-14(2)20(10-8-19-13)18(23)12-24-16-6-3-5-15(11-16)21-9-4-7-17(21)22;/h3,5-6,11,13-14,19H,4,7-10,12H2,1-2H3;1H. The van der Waals surface area contributed by atoms with Crippen molar-refractivity contribution in [2.75, 3.05) is 31.1 Å². The fraction of sp³-hybridized carbons (Fsp3) is 0.556. The molecule has 0 spiro atoms. The predicted octanol–water partition coefficient (Wildman–Crippen LogP) is 1.82. The van der Waals surface area contributed by atoms with Gasteiger partial charge in [0.25, 0.3) is 5.91 Å². The summed E-state index contributed by atoms with van der Waals surface area (Å²) in [5.74, 6) is 0.766. The molecule has 1 aromatic carbocycles. The van der Waals surface area contributed by atoms with Crippen molar-refractivity contribution < 1.29 is 14.3 Å². The molecule has 2 aliphatic heterocycles. The Hall–Kier alpha value is -1.79. The van der Waals surface area contributed by atoms with E-state index < -0.39 is 0 Å². The first-order valence-corrected chi connectivity index (χ1v) is 8.62. The molecule has 0 saturated carbocycles. The molecule has 0 bridgehead atoms. The third kappa shape index (κ3) is 4.44. The van der Waals surface area contributed by atoms with E-state index in [0.717, 1.165) is 25.2 Å². The minimum Gasteiger partial charge on any atom is -0.484 e. The summed E-state index contributed by atoms with van der Waals surface area (Å²) in [4.78, 5) is 27.9. The summed E-state index contributed by atoms with van der Waals surface area (Å²) >= 11 is 0. The van der Waals surface area contributed by atoms with Gasteiger partial charge in [-0.05, 0) is 32.4 Å². The van der Waals surface area contributed by atoms with Gasteiger partial charge in [0.05, 0.1) is 0 Å². The Morgan fingerprint density at radius 1 is 1.32 bits per heavy atom. The zero-order valence-electron chi connectivity index (χ0n) is 14.7. The summed E-state index contributed by atoms with van der Waals surface area (Å²) in [7, 11) is 0. The number of hydrogen-bond donors (Lipinski definition) is 1. The quantitative estimate of drug-likeness (QED) is 0.881. The van der Waals surface area contributed by atoms with E-state index in [4.69, 9.17) is 4.74 Å². The maximum absolute atomic E-state index is 12.4. The monoisotopic (exact) mass is 367 g/mol. The minimum atomic E-state index is -0.00139. The first-order valence-electron chi connectivity index (χ1n) is 8.62. The van der Waals surface area contributed by atoms with Crippen LogP contribution in [0, 0.1) is 0 Å². The maximum Gasteiger partial charge on any atom is 0.260 e. The molecule has 0 radical (unpaired) electrons. The second-order valence-corrected chi connectivity index (χ2v) is 6.51. The second kappa shape index (κ2) is 8.54. The molecule has 6 nitrogen and oxygen atoms in total. The molecule has 2 saturated heterocycles. The average Bonchev–Trinajstić information content (AvgIpc) is 3.01. The molecular formula is C18H26ClN3O3. The molecule has 7 heteroatoms. The van der Waals surface area contributed by atoms with Gasteiger partial charge in [-0.3, -0.25) is 9.59 Å². The van der Waals surface area contributed by atoms with Crippen LogP contribution in [0.15, 0.2) is 24.3 Å². The minimum absolute atomic E-state index is 0. The van der Waals surface area contributed by atoms with E-state index in [9.17, 15) is 9.59 Å². The number of amides is 2. The number of hydrogen-bond acceptors (Lipinski definition) is 4. The molecule has 138 valence electrons. The Morgan fingerprint density at radius 2 is 2.12 bits per heavy atom. The molecule has 2 aliphatic rings. The third-order valence-corrected chi connectivity index (χ3v) is 4.92. The molecule has 1 aromatic rings. The Bertz CT molecular complexity index is 625. The van der Waals surface area contributed by atoms with Crippen molar-refractivity contribution in [2.24, 2.45) is 0 Å². The largest absolute Gasteiger partial charge is 0.484 e. The Balaban J connectivity index is 0.00000225. The van der Waals surface area contributed by atoms with Crippen molar-refractivity contribution >= 4 is 29.9 Å². The van der Waals surface area contributed by atoms with Gasteiger partial charge in [-0.2, -0.15) is 0 Å². The molecule has 1 N–H and O–H groups in total. The van der Waals surface area contributed by atoms with Gasteiger partial charge in [0.15, 0.2) is 6.61 Å². The lowest BCUT2D eigenvalue weighted by Crippen LogP contribution is -2.58. The van der Waals surface area contributed by atoms with Crippen LogP contribution in [0.5, 0.6) is 5.75 Å². The molecule has 2 fully saturated rings. The number of anilines is 1. The number of halogens is 1. The highest BCUT2D eigenvalue weighted by molar-refractivity contribution is 5.95. The molecule has 25 heavy (non-hydrogen) atoms. The van der Waals surface area contributed by atoms with E-state index in [-0.39, 0.29) is 42.9 Å². The Labute approximate surface area is 154 Å². The van der Waals surface area contributed by atoms with E-state index in [1.165, 1.54) is 0 Å². The SMILES string of the molecule is CC1NCCN(C(=O)COc2cccc(N3CCCC3=O)c2)C1C.Cl. The van der Waals surface area contributed by atoms with Crippen LogP contribution in [0.4, 0.5) is 5.69 Å². The van der Waals surface area contributed by atoms with Crippen molar-refractivity contribution in [1.29, 1.82) is 0 Å². The highest BCUT2D eigenvalue weighted by Crippen LogP contribution is 2.25. The van der Waals surface area contributed by atoms with Crippen LogP contribution < -0.4 is 15.0 Å². The van der Waals surface area contributed by atoms with Crippen molar-refractivity contribution in [1.82, 2.24) is 10.2 Å². The molecule has 2 amide bonds. The normalized spacial score (nSPS) is 23.4. The van der Waals surface area contributed by atoms with E-state index >= 15 is 0 Å². The molecule has 2 unspecified atom stereocenters. The van der Waals surface area contributed by atoms with Crippen LogP contribution in [0.2, 0.25) is 0 Å². The van der Waals surface area contributed by atoms with Crippen molar-refractivity contribution in [3.05, 3.63) is 24.3 Å². The average molecular weight is 368 g/mol. The van der Waals surface area contributed by atoms with Gasteiger partial charge < -0.3 is 19.9 Å². The fourth-order valence-electron chi connectivity index (χ4n) is 3.30. The van der Waals surface area contributed by atoms with Gasteiger partial charge in [0.2, 0.25) is 5.91 Å². The zero-order valence-corrected chi connectivity index (χ0v) is 15.6. The van der Waals surface area contributed by atoms with Crippen molar-refractivity contribution in [3.8, 4) is 5.75 Å². The maximum atomic E-state index is 12.4. The Kier molecular flexibility index (Phi) is 6.67. The lowest BCUT2D eigenvalue weighted by atomic mass is 10.1. The number of nitrogens with one attached hydrogen (secondary N) is 1. The summed E-state index contributed by atoms with van der Waals surface area (Å²) in [6.07, 6.45) is 1.49. The predicted molar refractivity (Wildman–Crippen MR) is 99.4 cm³/mol. The first-order chi connectivity index (χ1) is 11.6. The number of ether oxygens (including phenoxy) is 1. The van der Waals surface area contributed by atoms with E-state index in [1.807, 2.05) is 36.1 Å². The molecule has 3 rings (SSSR count). The molecule has 0 aliphatic carbocycles. The molecule has 0 aromatic heterocycles. The van der Waals surface area contributed by atoms with E-state index in [0.29, 0.717) is 18.7 Å². The van der Waals surface area contributed by atoms with Crippen LogP contribution in [0.1, 0.15) is 26.7 Å². The summed E-state index contributed by atoms with van der Waals surface area (Å²) in [5.41, 5.74) is 0.839. The van der Waals surface area contributed by atoms with Crippen LogP contribution in [-0.2, 0) is 9.59 Å². The first kappa shape index (κ1) is 19.5. The molecule has 2 heterocycles. The molecule has 2 atom stereocenters. The van der Waals surface area contributed by atoms with Crippen LogP contribution in [-0.4, -0.2) is 55.0 Å². The van der Waals surface area contributed by atoms with Gasteiger partial charge in [-0.15, -0.1) is 12.4 Å². The van der Waals surface area contributed by atoms with Gasteiger partial charge in [0.1, 0.15) is 5.75 Å². The lowest BCUT2D eigenvalue weighted by Gasteiger charge is -2.38. The summed E-state index contributed by atoms with van der Waals surface area (Å²) in [6, 6.07) is 7.85. The van der Waals surface area contributed by atoms with Crippen LogP contribution in [0.3, 0.4) is 0 Å². The number of benzene rings is 1. The lowest BCUT2D eigenvalue weighted by molar-refractivity contribution is -0.137. The summed E-state index contributed by atoms with van der Waals surface area (Å²) in [5, 5.41) is 3.36. The number of piperazine rings is 1. The number of carbonyl (C=O) groups is 2. The van der Waals surface area contributed by atoms with Crippen LogP contribution in [0.25, 0.3) is 0 Å². The summed E-state index contributed by atoms with van der Waals surface area (Å²) in [6.45, 7) is 6.42. The highest BCUT2D eigenvalue weighted by atomic mass is 35.5. The van der Waals surface area contributed by atoms with E-state index in [1.54, 1.807) is 4.90 Å². The second-order valence-electron chi connectivity index (χ2n) is 6.51. The number of nitrogens with zero attached hydrogens (tertiary/aromatic N) is 2. The molecular weight excluding hydrogens is 342 g/mol. The van der Waals surface area contributed by atoms with Crippen molar-refractivity contribution in [3.63, 3.8) is 0 Å². The third-order valence-electron chi connectivity index (χ3n) is 4.92. The topological polar surface area (TPSA) is 61.9 Å². The van der Waals surface area contributed by atoms with E-state index in [2.05, 4.69) is 12.2 Å². The van der Waals surface area contributed by atoms with Gasteiger partial charge >= 0.3 is 0 Å². The van der Waals surface area contributed by atoms with Gasteiger partial charge in [-0.1, -0.05) is 6.07 Å². The van der Waals surface area contributed by atoms with Gasteiger partial charge in [-0.25, -0.2) is 0 Å². The van der Waals surface area contributed by atoms with Gasteiger partial charge in [0, 0.05) is 49.9 Å². The number of carbonyl (C=O) groups excluding carboxylic acids is 2. The smallest absolute Gasteiger partial charge is 0.260 e. The zero-order chi connectivity index (χ0) is 17.1. The van der Waals surface area contributed by atoms with Crippen molar-refractivity contribution in [2.45, 2.75) is 38.8 Å². The fourth-order valence-corrected chi connectivity index (χ4v) is 3.30.